The maximum atomic E-state index is 13.2. The molecule has 1 atom stereocenters. The van der Waals surface area contributed by atoms with Crippen LogP contribution in [0.1, 0.15) is 0 Å². The van der Waals surface area contributed by atoms with Crippen LogP contribution in [0.2, 0.25) is 0 Å². The van der Waals surface area contributed by atoms with Gasteiger partial charge in [-0.05, 0) is 12.1 Å². The first-order valence-electron chi connectivity index (χ1n) is 4.28. The van der Waals surface area contributed by atoms with Crippen molar-refractivity contribution in [3.8, 4) is 0 Å². The molecule has 0 radical (unpaired) electrons. The smallest absolute Gasteiger partial charge is 0.183 e. The quantitative estimate of drug-likeness (QED) is 0.582. The first-order chi connectivity index (χ1) is 6.99. The number of benzene rings is 1. The van der Waals surface area contributed by atoms with Gasteiger partial charge in [-0.15, -0.1) is 0 Å². The van der Waals surface area contributed by atoms with Gasteiger partial charge in [0.05, 0.1) is 18.5 Å². The van der Waals surface area contributed by atoms with Crippen molar-refractivity contribution in [1.82, 2.24) is 0 Å². The molecule has 0 aliphatic carbocycles. The Morgan fingerprint density at radius 2 is 2.07 bits per heavy atom. The molecule has 0 saturated carbocycles. The van der Waals surface area contributed by atoms with E-state index in [9.17, 15) is 17.2 Å². The van der Waals surface area contributed by atoms with Crippen LogP contribution in [-0.4, -0.2) is 26.9 Å². The Balaban J connectivity index is 2.34. The molecule has 1 aromatic carbocycles. The zero-order chi connectivity index (χ0) is 11.1. The Morgan fingerprint density at radius 1 is 1.40 bits per heavy atom. The predicted octanol–water partition coefficient (Wildman–Crippen LogP) is 1.14. The fourth-order valence-corrected chi connectivity index (χ4v) is 2.72. The van der Waals surface area contributed by atoms with E-state index in [-0.39, 0.29) is 11.9 Å². The average Bonchev–Trinajstić information content (AvgIpc) is 2.86. The van der Waals surface area contributed by atoms with Gasteiger partial charge in [-0.3, -0.25) is 0 Å². The zero-order valence-corrected chi connectivity index (χ0v) is 8.43. The molecule has 1 saturated heterocycles. The Hall–Kier alpha value is -1.01. The fourth-order valence-electron chi connectivity index (χ4n) is 1.23. The molecule has 1 fully saturated rings. The summed E-state index contributed by atoms with van der Waals surface area (Å²) in [6.07, 6.45) is -0.348. The third kappa shape index (κ3) is 2.32. The number of epoxide rings is 1. The molecule has 0 bridgehead atoms. The van der Waals surface area contributed by atoms with Crippen molar-refractivity contribution in [3.05, 3.63) is 29.8 Å². The largest absolute Gasteiger partial charge is 0.372 e. The Kier molecular flexibility index (Phi) is 2.47. The van der Waals surface area contributed by atoms with Gasteiger partial charge >= 0.3 is 0 Å². The summed E-state index contributed by atoms with van der Waals surface area (Å²) in [7, 11) is -3.71. The normalized spacial score (nSPS) is 20.3. The molecule has 1 aliphatic rings. The molecular weight excluding hydrogens is 226 g/mol. The summed E-state index contributed by atoms with van der Waals surface area (Å²) in [6.45, 7) is 0.377. The highest BCUT2D eigenvalue weighted by Gasteiger charge is 2.31. The third-order valence-corrected chi connectivity index (χ3v) is 3.85. The first-order valence-corrected chi connectivity index (χ1v) is 5.94. The van der Waals surface area contributed by atoms with Gasteiger partial charge in [0, 0.05) is 6.07 Å². The van der Waals surface area contributed by atoms with Crippen molar-refractivity contribution in [1.29, 1.82) is 0 Å². The van der Waals surface area contributed by atoms with E-state index in [1.807, 2.05) is 0 Å². The molecule has 0 N–H and O–H groups in total. The van der Waals surface area contributed by atoms with Crippen LogP contribution < -0.4 is 0 Å². The number of rotatable bonds is 3. The summed E-state index contributed by atoms with van der Waals surface area (Å²) in [4.78, 5) is -0.473. The minimum Gasteiger partial charge on any atom is -0.372 e. The highest BCUT2D eigenvalue weighted by atomic mass is 32.2. The molecular formula is C9H8F2O3S. The molecule has 1 heterocycles. The van der Waals surface area contributed by atoms with Gasteiger partial charge in [-0.1, -0.05) is 0 Å². The molecule has 0 unspecified atom stereocenters. The number of sulfone groups is 1. The lowest BCUT2D eigenvalue weighted by Gasteiger charge is -2.03. The maximum absolute atomic E-state index is 13.2. The monoisotopic (exact) mass is 234 g/mol. The minimum absolute atomic E-state index is 0.254. The number of hydrogen-bond acceptors (Lipinski definition) is 3. The van der Waals surface area contributed by atoms with Crippen molar-refractivity contribution in [2.24, 2.45) is 0 Å². The summed E-state index contributed by atoms with van der Waals surface area (Å²) in [5, 5.41) is 0. The van der Waals surface area contributed by atoms with Crippen molar-refractivity contribution < 1.29 is 21.9 Å². The molecule has 0 amide bonds. The summed E-state index contributed by atoms with van der Waals surface area (Å²) in [5.41, 5.74) is 0. The van der Waals surface area contributed by atoms with Crippen LogP contribution in [0.3, 0.4) is 0 Å². The summed E-state index contributed by atoms with van der Waals surface area (Å²) in [6, 6.07) is 2.41. The Labute approximate surface area is 85.6 Å². The lowest BCUT2D eigenvalue weighted by molar-refractivity contribution is 0.422. The van der Waals surface area contributed by atoms with E-state index >= 15 is 0 Å². The first kappa shape index (κ1) is 10.5. The van der Waals surface area contributed by atoms with E-state index in [0.29, 0.717) is 12.7 Å². The van der Waals surface area contributed by atoms with Gasteiger partial charge in [0.25, 0.3) is 0 Å². The van der Waals surface area contributed by atoms with Crippen molar-refractivity contribution in [3.63, 3.8) is 0 Å². The van der Waals surface area contributed by atoms with E-state index < -0.39 is 26.4 Å². The highest BCUT2D eigenvalue weighted by molar-refractivity contribution is 7.91. The van der Waals surface area contributed by atoms with E-state index in [2.05, 4.69) is 0 Å². The number of hydrogen-bond donors (Lipinski definition) is 0. The Morgan fingerprint density at radius 3 is 2.60 bits per heavy atom. The lowest BCUT2D eigenvalue weighted by Crippen LogP contribution is -2.13. The van der Waals surface area contributed by atoms with Crippen LogP contribution in [0.15, 0.2) is 23.1 Å². The maximum Gasteiger partial charge on any atom is 0.183 e. The molecule has 0 spiro atoms. The van der Waals surface area contributed by atoms with Crippen LogP contribution in [-0.2, 0) is 14.6 Å². The number of ether oxygens (including phenoxy) is 1. The second-order valence-corrected chi connectivity index (χ2v) is 5.31. The molecule has 2 rings (SSSR count). The van der Waals surface area contributed by atoms with E-state index in [4.69, 9.17) is 4.74 Å². The molecule has 15 heavy (non-hydrogen) atoms. The van der Waals surface area contributed by atoms with Crippen LogP contribution in [0.4, 0.5) is 8.78 Å². The predicted molar refractivity (Wildman–Crippen MR) is 48.2 cm³/mol. The Bertz CT molecular complexity index is 480. The van der Waals surface area contributed by atoms with Crippen molar-refractivity contribution in [2.45, 2.75) is 11.0 Å². The second-order valence-electron chi connectivity index (χ2n) is 3.31. The van der Waals surface area contributed by atoms with E-state index in [1.54, 1.807) is 0 Å². The minimum atomic E-state index is -3.71. The fraction of sp³-hybridized carbons (Fsp3) is 0.333. The highest BCUT2D eigenvalue weighted by Crippen LogP contribution is 2.21. The van der Waals surface area contributed by atoms with Gasteiger partial charge in [0.15, 0.2) is 9.84 Å². The molecule has 1 aliphatic heterocycles. The summed E-state index contributed by atoms with van der Waals surface area (Å²) < 4.78 is 53.6. The molecule has 0 aromatic heterocycles. The second kappa shape index (κ2) is 3.53. The van der Waals surface area contributed by atoms with Crippen LogP contribution in [0.25, 0.3) is 0 Å². The molecule has 82 valence electrons. The van der Waals surface area contributed by atoms with Crippen molar-refractivity contribution >= 4 is 9.84 Å². The summed E-state index contributed by atoms with van der Waals surface area (Å²) in [5.74, 6) is -2.11. The van der Waals surface area contributed by atoms with Gasteiger partial charge in [0.2, 0.25) is 0 Å². The van der Waals surface area contributed by atoms with Gasteiger partial charge in [-0.25, -0.2) is 17.2 Å². The van der Waals surface area contributed by atoms with Crippen LogP contribution >= 0.6 is 0 Å². The zero-order valence-electron chi connectivity index (χ0n) is 7.61. The molecule has 1 aromatic rings. The molecule has 6 heteroatoms. The van der Waals surface area contributed by atoms with Crippen LogP contribution in [0, 0.1) is 11.6 Å². The SMILES string of the molecule is O=S(=O)(C[C@H]1CO1)c1ccc(F)cc1F. The van der Waals surface area contributed by atoms with E-state index in [1.165, 1.54) is 0 Å². The van der Waals surface area contributed by atoms with Gasteiger partial charge in [0.1, 0.15) is 16.5 Å². The lowest BCUT2D eigenvalue weighted by atomic mass is 10.3. The third-order valence-electron chi connectivity index (χ3n) is 2.04. The average molecular weight is 234 g/mol. The topological polar surface area (TPSA) is 46.7 Å². The van der Waals surface area contributed by atoms with Gasteiger partial charge < -0.3 is 4.74 Å². The standard InChI is InChI=1S/C9H8F2O3S/c10-6-1-2-9(8(11)3-6)15(12,13)5-7-4-14-7/h1-3,7H,4-5H2/t7-/m1/s1. The van der Waals surface area contributed by atoms with Crippen LogP contribution in [0.5, 0.6) is 0 Å². The molecule has 3 nitrogen and oxygen atoms in total. The number of halogens is 2. The summed E-state index contributed by atoms with van der Waals surface area (Å²) >= 11 is 0. The van der Waals surface area contributed by atoms with E-state index in [0.717, 1.165) is 12.1 Å². The van der Waals surface area contributed by atoms with Crippen molar-refractivity contribution in [2.75, 3.05) is 12.4 Å². The van der Waals surface area contributed by atoms with Gasteiger partial charge in [-0.2, -0.15) is 0 Å².